The predicted molar refractivity (Wildman–Crippen MR) is 98.8 cm³/mol. The molecule has 2 heterocycles. The number of aliphatic carboxylic acids is 1. The van der Waals surface area contributed by atoms with E-state index in [-0.39, 0.29) is 30.9 Å². The first kappa shape index (κ1) is 19.6. The lowest BCUT2D eigenvalue weighted by molar-refractivity contribution is -0.286. The second-order valence-electron chi connectivity index (χ2n) is 7.57. The third-order valence-electron chi connectivity index (χ3n) is 5.60. The highest BCUT2D eigenvalue weighted by Crippen LogP contribution is 2.42. The van der Waals surface area contributed by atoms with Crippen LogP contribution in [0.1, 0.15) is 17.5 Å². The van der Waals surface area contributed by atoms with Crippen LogP contribution in [-0.2, 0) is 17.8 Å². The van der Waals surface area contributed by atoms with Crippen molar-refractivity contribution in [3.8, 4) is 11.5 Å². The normalized spacial score (nSPS) is 25.7. The van der Waals surface area contributed by atoms with Gasteiger partial charge in [0.05, 0.1) is 6.10 Å². The van der Waals surface area contributed by atoms with Gasteiger partial charge >= 0.3 is 12.3 Å². The first-order valence-corrected chi connectivity index (χ1v) is 9.34. The lowest BCUT2D eigenvalue weighted by Gasteiger charge is -2.43. The van der Waals surface area contributed by atoms with Crippen LogP contribution in [0.5, 0.6) is 11.5 Å². The topological polar surface area (TPSA) is 79.2 Å². The third-order valence-corrected chi connectivity index (χ3v) is 5.60. The zero-order valence-corrected chi connectivity index (χ0v) is 15.6. The molecule has 0 radical (unpaired) electrons. The van der Waals surface area contributed by atoms with Gasteiger partial charge in [0.15, 0.2) is 11.5 Å². The van der Waals surface area contributed by atoms with E-state index in [1.54, 1.807) is 6.07 Å². The molecule has 4 rings (SSSR count). The molecule has 1 saturated heterocycles. The number of piperidine rings is 1. The Morgan fingerprint density at radius 1 is 1.10 bits per heavy atom. The molecule has 0 aliphatic carbocycles. The molecule has 2 aromatic carbocycles. The van der Waals surface area contributed by atoms with E-state index in [9.17, 15) is 23.8 Å². The number of aliphatic hydroxyl groups is 1. The number of hydrogen-bond acceptors (Lipinski definition) is 5. The van der Waals surface area contributed by atoms with Gasteiger partial charge in [0.1, 0.15) is 5.41 Å². The summed E-state index contributed by atoms with van der Waals surface area (Å²) < 4.78 is 35.2. The summed E-state index contributed by atoms with van der Waals surface area (Å²) in [5, 5.41) is 20.6. The largest absolute Gasteiger partial charge is 0.586 e. The fourth-order valence-corrected chi connectivity index (χ4v) is 4.02. The van der Waals surface area contributed by atoms with Crippen LogP contribution in [0, 0.1) is 5.41 Å². The number of fused-ring (bicyclic) bond motifs is 1. The van der Waals surface area contributed by atoms with Crippen molar-refractivity contribution in [2.75, 3.05) is 13.1 Å². The second-order valence-corrected chi connectivity index (χ2v) is 7.57. The molecule has 1 fully saturated rings. The molecule has 0 unspecified atom stereocenters. The van der Waals surface area contributed by atoms with E-state index in [0.717, 1.165) is 5.56 Å². The number of benzene rings is 2. The molecule has 0 spiro atoms. The van der Waals surface area contributed by atoms with Crippen LogP contribution in [0.15, 0.2) is 48.5 Å². The van der Waals surface area contributed by atoms with E-state index in [1.807, 2.05) is 35.2 Å². The number of β-amino-alcohol motifs (C(OH)–C–C–N with tert-alkyl or cyclic N) is 1. The standard InChI is InChI=1S/C21H21F2NO5/c22-21(23)28-16-7-6-15(10-17(16)29-21)12-24-9-8-20(19(26)27,18(25)13-24)11-14-4-2-1-3-5-14/h1-7,10,18,25H,8-9,11-13H2,(H,26,27)/t18-,20-/m1/s1. The van der Waals surface area contributed by atoms with Crippen LogP contribution in [0.4, 0.5) is 8.78 Å². The van der Waals surface area contributed by atoms with Gasteiger partial charge in [-0.3, -0.25) is 9.69 Å². The second kappa shape index (κ2) is 7.27. The van der Waals surface area contributed by atoms with E-state index < -0.39 is 23.8 Å². The van der Waals surface area contributed by atoms with Gasteiger partial charge in [-0.05, 0) is 42.6 Å². The van der Waals surface area contributed by atoms with Gasteiger partial charge in [-0.15, -0.1) is 8.78 Å². The van der Waals surface area contributed by atoms with Gasteiger partial charge in [0, 0.05) is 13.1 Å². The summed E-state index contributed by atoms with van der Waals surface area (Å²) in [7, 11) is 0. The zero-order valence-electron chi connectivity index (χ0n) is 15.6. The summed E-state index contributed by atoms with van der Waals surface area (Å²) in [6.07, 6.45) is -4.20. The Kier molecular flexibility index (Phi) is 4.92. The molecule has 2 aliphatic heterocycles. The minimum Gasteiger partial charge on any atom is -0.481 e. The fourth-order valence-electron chi connectivity index (χ4n) is 4.02. The van der Waals surface area contributed by atoms with Crippen molar-refractivity contribution in [2.24, 2.45) is 5.41 Å². The molecular formula is C21H21F2NO5. The first-order chi connectivity index (χ1) is 13.8. The van der Waals surface area contributed by atoms with E-state index in [1.165, 1.54) is 12.1 Å². The number of aliphatic hydroxyl groups excluding tert-OH is 1. The maximum absolute atomic E-state index is 13.2. The minimum absolute atomic E-state index is 0.0230. The van der Waals surface area contributed by atoms with Crippen molar-refractivity contribution in [2.45, 2.75) is 31.8 Å². The van der Waals surface area contributed by atoms with Crippen LogP contribution in [0.25, 0.3) is 0 Å². The van der Waals surface area contributed by atoms with Crippen molar-refractivity contribution in [3.63, 3.8) is 0 Å². The van der Waals surface area contributed by atoms with Gasteiger partial charge in [-0.1, -0.05) is 36.4 Å². The molecule has 2 aromatic rings. The van der Waals surface area contributed by atoms with Crippen molar-refractivity contribution in [1.29, 1.82) is 0 Å². The quantitative estimate of drug-likeness (QED) is 0.797. The molecule has 2 aliphatic rings. The predicted octanol–water partition coefficient (Wildman–Crippen LogP) is 2.89. The van der Waals surface area contributed by atoms with Crippen LogP contribution >= 0.6 is 0 Å². The van der Waals surface area contributed by atoms with E-state index in [4.69, 9.17) is 0 Å². The highest BCUT2D eigenvalue weighted by Gasteiger charge is 2.48. The Labute approximate surface area is 166 Å². The number of alkyl halides is 2. The monoisotopic (exact) mass is 405 g/mol. The highest BCUT2D eigenvalue weighted by atomic mass is 19.3. The molecule has 29 heavy (non-hydrogen) atoms. The number of ether oxygens (including phenoxy) is 2. The molecular weight excluding hydrogens is 384 g/mol. The van der Waals surface area contributed by atoms with E-state index in [0.29, 0.717) is 18.7 Å². The Bertz CT molecular complexity index is 907. The first-order valence-electron chi connectivity index (χ1n) is 9.34. The number of likely N-dealkylation sites (tertiary alicyclic amines) is 1. The SMILES string of the molecule is O=C(O)[C@@]1(Cc2ccccc2)CCN(Cc2ccc3c(c2)OC(F)(F)O3)C[C@H]1O. The molecule has 154 valence electrons. The minimum atomic E-state index is -3.67. The van der Waals surface area contributed by atoms with Crippen molar-refractivity contribution in [3.05, 3.63) is 59.7 Å². The van der Waals surface area contributed by atoms with Gasteiger partial charge in [0.2, 0.25) is 0 Å². The Morgan fingerprint density at radius 3 is 2.52 bits per heavy atom. The molecule has 0 amide bonds. The molecule has 0 aromatic heterocycles. The van der Waals surface area contributed by atoms with Gasteiger partial charge in [-0.25, -0.2) is 0 Å². The van der Waals surface area contributed by atoms with Crippen molar-refractivity contribution in [1.82, 2.24) is 4.90 Å². The van der Waals surface area contributed by atoms with Gasteiger partial charge in [0.25, 0.3) is 0 Å². The maximum atomic E-state index is 13.2. The number of carbonyl (C=O) groups is 1. The van der Waals surface area contributed by atoms with E-state index >= 15 is 0 Å². The summed E-state index contributed by atoms with van der Waals surface area (Å²) in [5.74, 6) is -1.07. The maximum Gasteiger partial charge on any atom is 0.586 e. The number of carboxylic acids is 1. The molecule has 0 saturated carbocycles. The van der Waals surface area contributed by atoms with Crippen LogP contribution in [-0.4, -0.2) is 46.6 Å². The summed E-state index contributed by atoms with van der Waals surface area (Å²) in [6, 6.07) is 13.8. The summed E-state index contributed by atoms with van der Waals surface area (Å²) in [5.41, 5.74) is 0.316. The molecule has 2 N–H and O–H groups in total. The lowest BCUT2D eigenvalue weighted by Crippen LogP contribution is -2.55. The number of halogens is 2. The number of nitrogens with zero attached hydrogens (tertiary/aromatic N) is 1. The Balaban J connectivity index is 1.45. The van der Waals surface area contributed by atoms with Gasteiger partial charge < -0.3 is 19.7 Å². The third kappa shape index (κ3) is 3.90. The molecule has 8 heteroatoms. The zero-order chi connectivity index (χ0) is 20.6. The van der Waals surface area contributed by atoms with Crippen molar-refractivity contribution < 1.29 is 33.3 Å². The average molecular weight is 405 g/mol. The number of carboxylic acid groups (broad SMARTS) is 1. The number of hydrogen-bond donors (Lipinski definition) is 2. The summed E-state index contributed by atoms with van der Waals surface area (Å²) in [6.45, 7) is 1.00. The molecule has 2 atom stereocenters. The van der Waals surface area contributed by atoms with Crippen LogP contribution in [0.3, 0.4) is 0 Å². The van der Waals surface area contributed by atoms with E-state index in [2.05, 4.69) is 9.47 Å². The average Bonchev–Trinajstić information content (AvgIpc) is 2.98. The highest BCUT2D eigenvalue weighted by molar-refractivity contribution is 5.76. The van der Waals surface area contributed by atoms with Crippen molar-refractivity contribution >= 4 is 5.97 Å². The molecule has 6 nitrogen and oxygen atoms in total. The van der Waals surface area contributed by atoms with Gasteiger partial charge in [-0.2, -0.15) is 0 Å². The van der Waals surface area contributed by atoms with Crippen LogP contribution in [0.2, 0.25) is 0 Å². The lowest BCUT2D eigenvalue weighted by atomic mass is 9.71. The summed E-state index contributed by atoms with van der Waals surface area (Å²) >= 11 is 0. The molecule has 0 bridgehead atoms. The Hall–Kier alpha value is -2.71. The summed E-state index contributed by atoms with van der Waals surface area (Å²) in [4.78, 5) is 14.0. The smallest absolute Gasteiger partial charge is 0.481 e. The fraction of sp³-hybridized carbons (Fsp3) is 0.381. The number of rotatable bonds is 5. The van der Waals surface area contributed by atoms with Crippen LogP contribution < -0.4 is 9.47 Å². The Morgan fingerprint density at radius 2 is 1.83 bits per heavy atom.